The third kappa shape index (κ3) is 3.94. The summed E-state index contributed by atoms with van der Waals surface area (Å²) >= 11 is 0. The lowest BCUT2D eigenvalue weighted by Crippen LogP contribution is -2.13. The van der Waals surface area contributed by atoms with E-state index >= 15 is 0 Å². The van der Waals surface area contributed by atoms with Gasteiger partial charge >= 0.3 is 0 Å². The molecule has 4 aromatic rings. The number of nitrogens with one attached hydrogen (secondary N) is 1. The zero-order chi connectivity index (χ0) is 20.9. The Labute approximate surface area is 172 Å². The Hall–Kier alpha value is -4.30. The van der Waals surface area contributed by atoms with Gasteiger partial charge in [-0.1, -0.05) is 36.3 Å². The molecular formula is C25H17NO4. The molecule has 146 valence electrons. The molecule has 30 heavy (non-hydrogen) atoms. The molecular weight excluding hydrogens is 378 g/mol. The number of amides is 1. The van der Waals surface area contributed by atoms with Crippen LogP contribution in [0.4, 0.5) is 5.69 Å². The third-order valence-electron chi connectivity index (χ3n) is 4.50. The monoisotopic (exact) mass is 395 g/mol. The quantitative estimate of drug-likeness (QED) is 0.496. The van der Waals surface area contributed by atoms with Crippen LogP contribution in [0, 0.1) is 12.3 Å². The Kier molecular flexibility index (Phi) is 5.31. The first-order valence-electron chi connectivity index (χ1n) is 9.25. The van der Waals surface area contributed by atoms with E-state index in [-0.39, 0.29) is 17.9 Å². The Bertz CT molecular complexity index is 1320. The van der Waals surface area contributed by atoms with Gasteiger partial charge in [0, 0.05) is 17.2 Å². The van der Waals surface area contributed by atoms with Crippen LogP contribution in [-0.4, -0.2) is 12.5 Å². The second-order valence-corrected chi connectivity index (χ2v) is 6.49. The third-order valence-corrected chi connectivity index (χ3v) is 4.50. The van der Waals surface area contributed by atoms with Crippen LogP contribution in [0.1, 0.15) is 10.4 Å². The van der Waals surface area contributed by atoms with Crippen LogP contribution >= 0.6 is 0 Å². The number of anilines is 1. The highest BCUT2D eigenvalue weighted by atomic mass is 16.5. The van der Waals surface area contributed by atoms with Gasteiger partial charge in [-0.05, 0) is 42.5 Å². The molecule has 0 spiro atoms. The van der Waals surface area contributed by atoms with Crippen molar-refractivity contribution in [3.63, 3.8) is 0 Å². The average molecular weight is 395 g/mol. The van der Waals surface area contributed by atoms with Gasteiger partial charge in [0.1, 0.15) is 23.7 Å². The molecule has 1 N–H and O–H groups in total. The van der Waals surface area contributed by atoms with Crippen molar-refractivity contribution in [2.75, 3.05) is 11.9 Å². The van der Waals surface area contributed by atoms with E-state index in [9.17, 15) is 9.59 Å². The van der Waals surface area contributed by atoms with Gasteiger partial charge in [-0.25, -0.2) is 0 Å². The topological polar surface area (TPSA) is 68.5 Å². The smallest absolute Gasteiger partial charge is 0.255 e. The van der Waals surface area contributed by atoms with Gasteiger partial charge < -0.3 is 14.5 Å². The molecule has 5 nitrogen and oxygen atoms in total. The van der Waals surface area contributed by atoms with Crippen LogP contribution in [-0.2, 0) is 0 Å². The summed E-state index contributed by atoms with van der Waals surface area (Å²) in [7, 11) is 0. The van der Waals surface area contributed by atoms with E-state index < -0.39 is 0 Å². The fraction of sp³-hybridized carbons (Fsp3) is 0.0400. The SMILES string of the molecule is C#CCOc1ccc(NC(=O)c2ccccc2)c(-c2cc(=O)c3ccccc3o2)c1. The summed E-state index contributed by atoms with van der Waals surface area (Å²) < 4.78 is 11.5. The van der Waals surface area contributed by atoms with E-state index in [1.165, 1.54) is 6.07 Å². The summed E-state index contributed by atoms with van der Waals surface area (Å²) in [6, 6.07) is 22.3. The maximum atomic E-state index is 12.7. The largest absolute Gasteiger partial charge is 0.481 e. The van der Waals surface area contributed by atoms with Gasteiger partial charge in [0.25, 0.3) is 5.91 Å². The van der Waals surface area contributed by atoms with Crippen LogP contribution in [0.5, 0.6) is 5.75 Å². The zero-order valence-corrected chi connectivity index (χ0v) is 15.9. The summed E-state index contributed by atoms with van der Waals surface area (Å²) in [5.41, 5.74) is 1.78. The zero-order valence-electron chi connectivity index (χ0n) is 15.9. The molecule has 0 fully saturated rings. The summed E-state index contributed by atoms with van der Waals surface area (Å²) in [5.74, 6) is 2.94. The van der Waals surface area contributed by atoms with E-state index in [2.05, 4.69) is 11.2 Å². The van der Waals surface area contributed by atoms with Crippen molar-refractivity contribution in [3.8, 4) is 29.4 Å². The Morgan fingerprint density at radius 2 is 1.77 bits per heavy atom. The number of carbonyl (C=O) groups excluding carboxylic acids is 1. The Balaban J connectivity index is 1.81. The lowest BCUT2D eigenvalue weighted by molar-refractivity contribution is 0.102. The number of benzene rings is 3. The highest BCUT2D eigenvalue weighted by molar-refractivity contribution is 6.06. The highest BCUT2D eigenvalue weighted by Gasteiger charge is 2.15. The Morgan fingerprint density at radius 3 is 2.57 bits per heavy atom. The van der Waals surface area contributed by atoms with Crippen molar-refractivity contribution in [2.24, 2.45) is 0 Å². The standard InChI is InChI=1S/C25H17NO4/c1-2-14-29-18-12-13-21(26-25(28)17-8-4-3-5-9-17)20(15-18)24-16-22(27)19-10-6-7-11-23(19)30-24/h1,3-13,15-16H,14H2,(H,26,28). The minimum Gasteiger partial charge on any atom is -0.481 e. The van der Waals surface area contributed by atoms with Gasteiger partial charge in [-0.2, -0.15) is 0 Å². The Morgan fingerprint density at radius 1 is 1.00 bits per heavy atom. The molecule has 4 rings (SSSR count). The second kappa shape index (κ2) is 8.38. The van der Waals surface area contributed by atoms with E-state index in [0.717, 1.165) is 0 Å². The molecule has 5 heteroatoms. The molecule has 0 bridgehead atoms. The molecule has 1 amide bonds. The molecule has 0 aliphatic heterocycles. The van der Waals surface area contributed by atoms with Crippen molar-refractivity contribution in [1.29, 1.82) is 0 Å². The van der Waals surface area contributed by atoms with Crippen LogP contribution in [0.2, 0.25) is 0 Å². The first-order chi connectivity index (χ1) is 14.7. The van der Waals surface area contributed by atoms with Crippen LogP contribution in [0.25, 0.3) is 22.3 Å². The normalized spacial score (nSPS) is 10.4. The average Bonchev–Trinajstić information content (AvgIpc) is 2.79. The fourth-order valence-corrected chi connectivity index (χ4v) is 3.07. The number of ether oxygens (including phenoxy) is 1. The van der Waals surface area contributed by atoms with Crippen molar-refractivity contribution in [3.05, 3.63) is 94.6 Å². The van der Waals surface area contributed by atoms with Crippen LogP contribution in [0.3, 0.4) is 0 Å². The summed E-state index contributed by atoms with van der Waals surface area (Å²) in [5, 5.41) is 3.36. The number of carbonyl (C=O) groups is 1. The maximum absolute atomic E-state index is 12.7. The van der Waals surface area contributed by atoms with E-state index in [1.54, 1.807) is 66.7 Å². The molecule has 0 aliphatic carbocycles. The van der Waals surface area contributed by atoms with Gasteiger partial charge in [-0.15, -0.1) is 6.42 Å². The molecule has 1 heterocycles. The molecule has 0 unspecified atom stereocenters. The van der Waals surface area contributed by atoms with Crippen LogP contribution in [0.15, 0.2) is 88.1 Å². The van der Waals surface area contributed by atoms with Crippen molar-refractivity contribution in [1.82, 2.24) is 0 Å². The predicted molar refractivity (Wildman–Crippen MR) is 117 cm³/mol. The molecule has 3 aromatic carbocycles. The summed E-state index contributed by atoms with van der Waals surface area (Å²) in [6.45, 7) is 0.0941. The predicted octanol–water partition coefficient (Wildman–Crippen LogP) is 4.72. The van der Waals surface area contributed by atoms with Gasteiger partial charge in [-0.3, -0.25) is 9.59 Å². The number of rotatable bonds is 5. The van der Waals surface area contributed by atoms with Gasteiger partial charge in [0.2, 0.25) is 0 Å². The molecule has 0 radical (unpaired) electrons. The maximum Gasteiger partial charge on any atom is 0.255 e. The first kappa shape index (κ1) is 19.0. The fourth-order valence-electron chi connectivity index (χ4n) is 3.07. The lowest BCUT2D eigenvalue weighted by atomic mass is 10.1. The van der Waals surface area contributed by atoms with Crippen molar-refractivity contribution < 1.29 is 13.9 Å². The highest BCUT2D eigenvalue weighted by Crippen LogP contribution is 2.33. The van der Waals surface area contributed by atoms with E-state index in [0.29, 0.717) is 39.3 Å². The van der Waals surface area contributed by atoms with Gasteiger partial charge in [0.05, 0.1) is 11.1 Å². The summed E-state index contributed by atoms with van der Waals surface area (Å²) in [4.78, 5) is 25.3. The van der Waals surface area contributed by atoms with Crippen molar-refractivity contribution in [2.45, 2.75) is 0 Å². The number of para-hydroxylation sites is 1. The summed E-state index contributed by atoms with van der Waals surface area (Å²) in [6.07, 6.45) is 5.28. The lowest BCUT2D eigenvalue weighted by Gasteiger charge is -2.13. The van der Waals surface area contributed by atoms with Crippen LogP contribution < -0.4 is 15.5 Å². The molecule has 1 aromatic heterocycles. The first-order valence-corrected chi connectivity index (χ1v) is 9.25. The number of hydrogen-bond donors (Lipinski definition) is 1. The van der Waals surface area contributed by atoms with E-state index in [1.807, 2.05) is 6.07 Å². The molecule has 0 saturated heterocycles. The minimum absolute atomic E-state index is 0.0941. The van der Waals surface area contributed by atoms with Crippen molar-refractivity contribution >= 4 is 22.6 Å². The molecule has 0 atom stereocenters. The number of fused-ring (bicyclic) bond motifs is 1. The number of terminal acetylenes is 1. The molecule has 0 saturated carbocycles. The minimum atomic E-state index is -0.280. The second-order valence-electron chi connectivity index (χ2n) is 6.49. The van der Waals surface area contributed by atoms with E-state index in [4.69, 9.17) is 15.6 Å². The number of hydrogen-bond acceptors (Lipinski definition) is 4. The van der Waals surface area contributed by atoms with Gasteiger partial charge in [0.15, 0.2) is 5.43 Å². The molecule has 0 aliphatic rings.